The summed E-state index contributed by atoms with van der Waals surface area (Å²) in [5.41, 5.74) is 5.75. The Kier molecular flexibility index (Phi) is 5.40. The average Bonchev–Trinajstić information content (AvgIpc) is 3.04. The third kappa shape index (κ3) is 4.31. The van der Waals surface area contributed by atoms with Gasteiger partial charge in [-0.15, -0.1) is 0 Å². The molecule has 0 amide bonds. The number of halogens is 1. The molecule has 3 rings (SSSR count). The lowest BCUT2D eigenvalue weighted by Crippen LogP contribution is -2.23. The second-order valence-corrected chi connectivity index (χ2v) is 6.30. The number of thiocarbonyl (C=S) groups is 1. The first-order valence-electron chi connectivity index (χ1n) is 7.31. The van der Waals surface area contributed by atoms with Crippen LogP contribution in [0.25, 0.3) is 5.69 Å². The Bertz CT molecular complexity index is 858. The van der Waals surface area contributed by atoms with Gasteiger partial charge in [0, 0.05) is 22.0 Å². The Morgan fingerprint density at radius 2 is 1.88 bits per heavy atom. The van der Waals surface area contributed by atoms with Gasteiger partial charge >= 0.3 is 0 Å². The van der Waals surface area contributed by atoms with Crippen molar-refractivity contribution in [2.24, 2.45) is 5.10 Å². The molecule has 0 saturated carbocycles. The number of nitrogens with zero attached hydrogens (tertiary/aromatic N) is 2. The maximum atomic E-state index is 5.23. The molecule has 4 nitrogen and oxygen atoms in total. The Morgan fingerprint density at radius 3 is 2.67 bits per heavy atom. The molecule has 0 fully saturated rings. The van der Waals surface area contributed by atoms with Gasteiger partial charge in [0.15, 0.2) is 5.11 Å². The number of nitrogens with one attached hydrogen (secondary N) is 2. The Hall–Kier alpha value is -2.44. The maximum Gasteiger partial charge on any atom is 0.191 e. The number of hydrogen-bond acceptors (Lipinski definition) is 2. The fraction of sp³-hybridized carbons (Fsp3) is 0. The van der Waals surface area contributed by atoms with Gasteiger partial charge in [-0.25, -0.2) is 0 Å². The summed E-state index contributed by atoms with van der Waals surface area (Å²) in [7, 11) is 0. The molecule has 1 aromatic heterocycles. The molecule has 0 aliphatic rings. The molecular weight excluding hydrogens is 384 g/mol. The van der Waals surface area contributed by atoms with E-state index in [1.54, 1.807) is 6.21 Å². The summed E-state index contributed by atoms with van der Waals surface area (Å²) >= 11 is 8.72. The van der Waals surface area contributed by atoms with Crippen molar-refractivity contribution in [3.8, 4) is 5.69 Å². The van der Waals surface area contributed by atoms with Crippen LogP contribution >= 0.6 is 28.1 Å². The largest absolute Gasteiger partial charge is 0.331 e. The zero-order valence-corrected chi connectivity index (χ0v) is 15.1. The third-order valence-electron chi connectivity index (χ3n) is 3.26. The summed E-state index contributed by atoms with van der Waals surface area (Å²) in [5.74, 6) is 0. The monoisotopic (exact) mass is 398 g/mol. The summed E-state index contributed by atoms with van der Waals surface area (Å²) in [6.45, 7) is 0. The summed E-state index contributed by atoms with van der Waals surface area (Å²) in [6, 6.07) is 21.8. The quantitative estimate of drug-likeness (QED) is 0.384. The van der Waals surface area contributed by atoms with Crippen LogP contribution in [0.2, 0.25) is 0 Å². The number of hydrogen-bond donors (Lipinski definition) is 2. The molecule has 0 bridgehead atoms. The molecule has 0 atom stereocenters. The molecule has 0 unspecified atom stereocenters. The lowest BCUT2D eigenvalue weighted by Gasteiger charge is -2.08. The zero-order valence-electron chi connectivity index (χ0n) is 12.7. The summed E-state index contributed by atoms with van der Waals surface area (Å²) in [5, 5.41) is 7.72. The molecule has 6 heteroatoms. The van der Waals surface area contributed by atoms with Gasteiger partial charge in [-0.3, -0.25) is 5.43 Å². The van der Waals surface area contributed by atoms with Gasteiger partial charge in [-0.1, -0.05) is 40.2 Å². The SMILES string of the molecule is S=C(N/N=C/c1cccn1-c1cccc(Br)c1)Nc1ccccc1. The van der Waals surface area contributed by atoms with E-state index in [9.17, 15) is 0 Å². The second-order valence-electron chi connectivity index (χ2n) is 4.97. The van der Waals surface area contributed by atoms with Gasteiger partial charge in [-0.05, 0) is 54.7 Å². The van der Waals surface area contributed by atoms with E-state index in [4.69, 9.17) is 12.2 Å². The van der Waals surface area contributed by atoms with Crippen LogP contribution in [-0.4, -0.2) is 15.9 Å². The Balaban J connectivity index is 1.65. The number of benzene rings is 2. The van der Waals surface area contributed by atoms with Crippen molar-refractivity contribution in [3.05, 3.63) is 83.1 Å². The van der Waals surface area contributed by atoms with Crippen molar-refractivity contribution in [2.75, 3.05) is 5.32 Å². The molecule has 0 aliphatic carbocycles. The van der Waals surface area contributed by atoms with Crippen LogP contribution in [0.3, 0.4) is 0 Å². The van der Waals surface area contributed by atoms with Crippen LogP contribution in [0.4, 0.5) is 5.69 Å². The lowest BCUT2D eigenvalue weighted by molar-refractivity contribution is 1.03. The minimum Gasteiger partial charge on any atom is -0.331 e. The molecule has 3 aromatic rings. The molecule has 2 N–H and O–H groups in total. The molecule has 0 saturated heterocycles. The van der Waals surface area contributed by atoms with Crippen molar-refractivity contribution in [1.29, 1.82) is 0 Å². The smallest absolute Gasteiger partial charge is 0.191 e. The van der Waals surface area contributed by atoms with Crippen LogP contribution in [0.1, 0.15) is 5.69 Å². The zero-order chi connectivity index (χ0) is 16.8. The predicted octanol–water partition coefficient (Wildman–Crippen LogP) is 4.56. The van der Waals surface area contributed by atoms with Gasteiger partial charge in [-0.2, -0.15) is 5.10 Å². The first-order valence-corrected chi connectivity index (χ1v) is 8.51. The highest BCUT2D eigenvalue weighted by atomic mass is 79.9. The van der Waals surface area contributed by atoms with Crippen molar-refractivity contribution >= 4 is 45.2 Å². The van der Waals surface area contributed by atoms with Crippen molar-refractivity contribution in [1.82, 2.24) is 9.99 Å². The summed E-state index contributed by atoms with van der Waals surface area (Å²) < 4.78 is 3.08. The summed E-state index contributed by atoms with van der Waals surface area (Å²) in [6.07, 6.45) is 3.73. The minimum absolute atomic E-state index is 0.443. The molecule has 1 heterocycles. The first kappa shape index (κ1) is 16.4. The molecule has 2 aromatic carbocycles. The lowest BCUT2D eigenvalue weighted by atomic mass is 10.3. The van der Waals surface area contributed by atoms with Crippen molar-refractivity contribution in [3.63, 3.8) is 0 Å². The average molecular weight is 399 g/mol. The number of para-hydroxylation sites is 1. The van der Waals surface area contributed by atoms with Gasteiger partial charge in [0.05, 0.1) is 11.9 Å². The van der Waals surface area contributed by atoms with Gasteiger partial charge < -0.3 is 9.88 Å². The fourth-order valence-corrected chi connectivity index (χ4v) is 2.76. The van der Waals surface area contributed by atoms with E-state index in [-0.39, 0.29) is 0 Å². The second kappa shape index (κ2) is 7.90. The highest BCUT2D eigenvalue weighted by molar-refractivity contribution is 9.10. The first-order chi connectivity index (χ1) is 11.7. The van der Waals surface area contributed by atoms with E-state index in [1.165, 1.54) is 0 Å². The molecule has 24 heavy (non-hydrogen) atoms. The predicted molar refractivity (Wildman–Crippen MR) is 107 cm³/mol. The van der Waals surface area contributed by atoms with E-state index >= 15 is 0 Å². The third-order valence-corrected chi connectivity index (χ3v) is 3.95. The van der Waals surface area contributed by atoms with E-state index < -0.39 is 0 Å². The molecule has 0 spiro atoms. The Labute approximate surface area is 154 Å². The normalized spacial score (nSPS) is 10.7. The van der Waals surface area contributed by atoms with Crippen molar-refractivity contribution < 1.29 is 0 Å². The standard InChI is InChI=1S/C18H15BrN4S/c19-14-6-4-9-16(12-14)23-11-5-10-17(23)13-20-22-18(24)21-15-7-2-1-3-8-15/h1-13H,(H2,21,22,24)/b20-13+. The fourth-order valence-electron chi connectivity index (χ4n) is 2.20. The van der Waals surface area contributed by atoms with Crippen LogP contribution in [0, 0.1) is 0 Å². The molecule has 120 valence electrons. The van der Waals surface area contributed by atoms with Crippen LogP contribution in [0.5, 0.6) is 0 Å². The van der Waals surface area contributed by atoms with Crippen LogP contribution in [-0.2, 0) is 0 Å². The van der Waals surface area contributed by atoms with Crippen LogP contribution < -0.4 is 10.7 Å². The maximum absolute atomic E-state index is 5.23. The van der Waals surface area contributed by atoms with Crippen LogP contribution in [0.15, 0.2) is 82.5 Å². The molecule has 0 aliphatic heterocycles. The Morgan fingerprint density at radius 1 is 1.04 bits per heavy atom. The number of aromatic nitrogens is 1. The minimum atomic E-state index is 0.443. The highest BCUT2D eigenvalue weighted by Crippen LogP contribution is 2.17. The van der Waals surface area contributed by atoms with Gasteiger partial charge in [0.25, 0.3) is 0 Å². The van der Waals surface area contributed by atoms with E-state index in [0.717, 1.165) is 21.5 Å². The highest BCUT2D eigenvalue weighted by Gasteiger charge is 2.02. The van der Waals surface area contributed by atoms with E-state index in [0.29, 0.717) is 5.11 Å². The van der Waals surface area contributed by atoms with Gasteiger partial charge in [0.1, 0.15) is 0 Å². The van der Waals surface area contributed by atoms with Crippen molar-refractivity contribution in [2.45, 2.75) is 0 Å². The molecule has 0 radical (unpaired) electrons. The number of hydrazone groups is 1. The summed E-state index contributed by atoms with van der Waals surface area (Å²) in [4.78, 5) is 0. The topological polar surface area (TPSA) is 41.4 Å². The van der Waals surface area contributed by atoms with E-state index in [2.05, 4.69) is 31.8 Å². The number of anilines is 1. The molecular formula is C18H15BrN4S. The van der Waals surface area contributed by atoms with E-state index in [1.807, 2.05) is 77.5 Å². The number of rotatable bonds is 4. The van der Waals surface area contributed by atoms with Gasteiger partial charge in [0.2, 0.25) is 0 Å².